The van der Waals surface area contributed by atoms with Crippen molar-refractivity contribution in [3.05, 3.63) is 0 Å². The fourth-order valence-corrected chi connectivity index (χ4v) is 1.71. The zero-order valence-electron chi connectivity index (χ0n) is 11.9. The molecule has 0 saturated carbocycles. The van der Waals surface area contributed by atoms with Crippen LogP contribution in [-0.4, -0.2) is 56.9 Å². The minimum Gasteiger partial charge on any atom is -0.383 e. The quantitative estimate of drug-likeness (QED) is 0.686. The number of halogens is 1. The summed E-state index contributed by atoms with van der Waals surface area (Å²) in [5.41, 5.74) is 5.25. The second-order valence-corrected chi connectivity index (χ2v) is 4.45. The molecular weight excluding hydrogens is 256 g/mol. The second kappa shape index (κ2) is 10.6. The summed E-state index contributed by atoms with van der Waals surface area (Å²) in [7, 11) is 3.24. The highest BCUT2D eigenvalue weighted by molar-refractivity contribution is 5.85. The smallest absolute Gasteiger partial charge is 0.242 e. The van der Waals surface area contributed by atoms with E-state index in [1.54, 1.807) is 26.0 Å². The van der Waals surface area contributed by atoms with Gasteiger partial charge in [0.05, 0.1) is 18.8 Å². The minimum atomic E-state index is -0.795. The first-order valence-corrected chi connectivity index (χ1v) is 6.05. The van der Waals surface area contributed by atoms with E-state index >= 15 is 0 Å². The molecular formula is C12H27ClN2O3. The third kappa shape index (κ3) is 7.16. The Morgan fingerprint density at radius 1 is 1.22 bits per heavy atom. The Labute approximate surface area is 116 Å². The van der Waals surface area contributed by atoms with Gasteiger partial charge in [-0.1, -0.05) is 13.3 Å². The van der Waals surface area contributed by atoms with Crippen molar-refractivity contribution >= 4 is 18.3 Å². The number of rotatable bonds is 9. The van der Waals surface area contributed by atoms with Gasteiger partial charge in [0.1, 0.15) is 0 Å². The summed E-state index contributed by atoms with van der Waals surface area (Å²) in [4.78, 5) is 14.0. The van der Waals surface area contributed by atoms with Gasteiger partial charge < -0.3 is 20.1 Å². The highest BCUT2D eigenvalue weighted by Crippen LogP contribution is 2.12. The van der Waals surface area contributed by atoms with E-state index in [1.165, 1.54) is 0 Å². The van der Waals surface area contributed by atoms with E-state index in [9.17, 15) is 4.79 Å². The van der Waals surface area contributed by atoms with Gasteiger partial charge in [-0.25, -0.2) is 0 Å². The van der Waals surface area contributed by atoms with Gasteiger partial charge in [-0.15, -0.1) is 12.4 Å². The summed E-state index contributed by atoms with van der Waals surface area (Å²) in [6, 6.07) is 0. The van der Waals surface area contributed by atoms with Crippen molar-refractivity contribution in [3.63, 3.8) is 0 Å². The average Bonchev–Trinajstić information content (AvgIpc) is 2.28. The van der Waals surface area contributed by atoms with Crippen LogP contribution >= 0.6 is 12.4 Å². The molecule has 1 unspecified atom stereocenters. The third-order valence-electron chi connectivity index (χ3n) is 2.68. The largest absolute Gasteiger partial charge is 0.383 e. The molecule has 1 amide bonds. The highest BCUT2D eigenvalue weighted by atomic mass is 35.5. The van der Waals surface area contributed by atoms with Crippen LogP contribution in [0, 0.1) is 0 Å². The van der Waals surface area contributed by atoms with E-state index in [2.05, 4.69) is 0 Å². The van der Waals surface area contributed by atoms with Crippen LogP contribution in [0.3, 0.4) is 0 Å². The van der Waals surface area contributed by atoms with Gasteiger partial charge in [0.2, 0.25) is 5.91 Å². The molecule has 0 spiro atoms. The number of nitrogens with two attached hydrogens (primary N) is 1. The molecule has 110 valence electrons. The molecule has 0 aliphatic rings. The number of hydrogen-bond donors (Lipinski definition) is 1. The molecule has 5 nitrogen and oxygen atoms in total. The maximum atomic E-state index is 12.3. The standard InChI is InChI=1S/C12H26N2O3.ClH/c1-5-6-12(2,13)11(15)14(7-9-16-3)8-10-17-4;/h5-10,13H2,1-4H3;1H. The summed E-state index contributed by atoms with van der Waals surface area (Å²) in [6.07, 6.45) is 1.57. The number of nitrogens with zero attached hydrogens (tertiary/aromatic N) is 1. The molecule has 0 aliphatic carbocycles. The Kier molecular flexibility index (Phi) is 11.7. The number of methoxy groups -OCH3 is 2. The Morgan fingerprint density at radius 2 is 1.67 bits per heavy atom. The predicted octanol–water partition coefficient (Wildman–Crippen LogP) is 1.05. The molecule has 2 N–H and O–H groups in total. The van der Waals surface area contributed by atoms with E-state index in [4.69, 9.17) is 15.2 Å². The molecule has 0 heterocycles. The van der Waals surface area contributed by atoms with Crippen molar-refractivity contribution < 1.29 is 14.3 Å². The molecule has 0 aromatic heterocycles. The zero-order chi connectivity index (χ0) is 13.3. The lowest BCUT2D eigenvalue weighted by Crippen LogP contribution is -2.54. The molecule has 0 aromatic rings. The van der Waals surface area contributed by atoms with Gasteiger partial charge in [-0.05, 0) is 13.3 Å². The lowest BCUT2D eigenvalue weighted by molar-refractivity contribution is -0.138. The maximum absolute atomic E-state index is 12.3. The molecule has 0 aliphatic heterocycles. The molecule has 6 heteroatoms. The fourth-order valence-electron chi connectivity index (χ4n) is 1.71. The summed E-state index contributed by atoms with van der Waals surface area (Å²) in [5.74, 6) is -0.0338. The van der Waals surface area contributed by atoms with Gasteiger partial charge in [-0.2, -0.15) is 0 Å². The molecule has 0 fully saturated rings. The van der Waals surface area contributed by atoms with Crippen LogP contribution < -0.4 is 5.73 Å². The van der Waals surface area contributed by atoms with Crippen LogP contribution in [0.25, 0.3) is 0 Å². The first-order valence-electron chi connectivity index (χ1n) is 6.05. The molecule has 0 rings (SSSR count). The fraction of sp³-hybridized carbons (Fsp3) is 0.917. The van der Waals surface area contributed by atoms with Gasteiger partial charge >= 0.3 is 0 Å². The summed E-state index contributed by atoms with van der Waals surface area (Å²) in [5, 5.41) is 0. The van der Waals surface area contributed by atoms with Crippen molar-refractivity contribution in [2.75, 3.05) is 40.5 Å². The van der Waals surface area contributed by atoms with Crippen LogP contribution in [0.4, 0.5) is 0 Å². The van der Waals surface area contributed by atoms with Gasteiger partial charge in [0.15, 0.2) is 0 Å². The first kappa shape index (κ1) is 20.0. The van der Waals surface area contributed by atoms with Gasteiger partial charge in [0, 0.05) is 27.3 Å². The monoisotopic (exact) mass is 282 g/mol. The van der Waals surface area contributed by atoms with Gasteiger partial charge in [0.25, 0.3) is 0 Å². The van der Waals surface area contributed by atoms with Crippen LogP contribution in [0.5, 0.6) is 0 Å². The van der Waals surface area contributed by atoms with E-state index in [1.807, 2.05) is 6.92 Å². The van der Waals surface area contributed by atoms with E-state index in [0.717, 1.165) is 6.42 Å². The Bertz CT molecular complexity index is 217. The van der Waals surface area contributed by atoms with Crippen molar-refractivity contribution in [1.29, 1.82) is 0 Å². The van der Waals surface area contributed by atoms with E-state index in [-0.39, 0.29) is 18.3 Å². The SMILES string of the molecule is CCCC(C)(N)C(=O)N(CCOC)CCOC.Cl. The molecule has 1 atom stereocenters. The molecule has 0 saturated heterocycles. The number of hydrogen-bond acceptors (Lipinski definition) is 4. The molecule has 18 heavy (non-hydrogen) atoms. The Balaban J connectivity index is 0. The number of ether oxygens (including phenoxy) is 2. The highest BCUT2D eigenvalue weighted by Gasteiger charge is 2.31. The van der Waals surface area contributed by atoms with Crippen molar-refractivity contribution in [1.82, 2.24) is 4.90 Å². The number of amides is 1. The Morgan fingerprint density at radius 3 is 2.00 bits per heavy atom. The maximum Gasteiger partial charge on any atom is 0.242 e. The Hall–Kier alpha value is -0.360. The van der Waals surface area contributed by atoms with Crippen molar-refractivity contribution in [3.8, 4) is 0 Å². The predicted molar refractivity (Wildman–Crippen MR) is 75.1 cm³/mol. The summed E-state index contributed by atoms with van der Waals surface area (Å²) in [6.45, 7) is 5.93. The lowest BCUT2D eigenvalue weighted by atomic mass is 9.95. The molecule has 0 aromatic carbocycles. The topological polar surface area (TPSA) is 64.8 Å². The number of carbonyl (C=O) groups excluding carboxylic acids is 1. The summed E-state index contributed by atoms with van der Waals surface area (Å²) < 4.78 is 10.00. The van der Waals surface area contributed by atoms with Crippen LogP contribution in [0.15, 0.2) is 0 Å². The van der Waals surface area contributed by atoms with Gasteiger partial charge in [-0.3, -0.25) is 4.79 Å². The number of carbonyl (C=O) groups is 1. The summed E-state index contributed by atoms with van der Waals surface area (Å²) >= 11 is 0. The van der Waals surface area contributed by atoms with E-state index < -0.39 is 5.54 Å². The molecule has 0 radical (unpaired) electrons. The lowest BCUT2D eigenvalue weighted by Gasteiger charge is -2.31. The van der Waals surface area contributed by atoms with Crippen LogP contribution in [0.2, 0.25) is 0 Å². The molecule has 0 bridgehead atoms. The third-order valence-corrected chi connectivity index (χ3v) is 2.68. The van der Waals surface area contributed by atoms with Crippen LogP contribution in [-0.2, 0) is 14.3 Å². The van der Waals surface area contributed by atoms with Crippen molar-refractivity contribution in [2.24, 2.45) is 5.73 Å². The minimum absolute atomic E-state index is 0. The normalized spacial score (nSPS) is 13.6. The van der Waals surface area contributed by atoms with E-state index in [0.29, 0.717) is 32.7 Å². The second-order valence-electron chi connectivity index (χ2n) is 4.45. The first-order chi connectivity index (χ1) is 7.99. The van der Waals surface area contributed by atoms with Crippen LogP contribution in [0.1, 0.15) is 26.7 Å². The van der Waals surface area contributed by atoms with Crippen molar-refractivity contribution in [2.45, 2.75) is 32.2 Å². The average molecular weight is 283 g/mol. The zero-order valence-corrected chi connectivity index (χ0v) is 12.7.